The molecule has 11 heteroatoms. The maximum absolute atomic E-state index is 14.2. The molecular weight excluding hydrogens is 507 g/mol. The molecule has 3 heterocycles. The Labute approximate surface area is 221 Å². The van der Waals surface area contributed by atoms with Crippen molar-refractivity contribution >= 4 is 26.7 Å². The number of ether oxygens (including phenoxy) is 1. The van der Waals surface area contributed by atoms with Crippen molar-refractivity contribution in [2.45, 2.75) is 57.6 Å². The monoisotopic (exact) mass is 538 g/mol. The van der Waals surface area contributed by atoms with E-state index < -0.39 is 20.7 Å². The second-order valence-corrected chi connectivity index (χ2v) is 11.6. The van der Waals surface area contributed by atoms with Crippen molar-refractivity contribution in [2.75, 3.05) is 17.8 Å². The predicted molar refractivity (Wildman–Crippen MR) is 144 cm³/mol. The average molecular weight is 539 g/mol. The lowest BCUT2D eigenvalue weighted by atomic mass is 10.1. The fraction of sp³-hybridized carbons (Fsp3) is 0.370. The zero-order valence-electron chi connectivity index (χ0n) is 21.8. The third-order valence-corrected chi connectivity index (χ3v) is 8.21. The molecule has 0 saturated carbocycles. The van der Waals surface area contributed by atoms with Crippen molar-refractivity contribution in [3.63, 3.8) is 0 Å². The number of halogens is 1. The Morgan fingerprint density at radius 2 is 1.79 bits per heavy atom. The van der Waals surface area contributed by atoms with Gasteiger partial charge in [0.1, 0.15) is 22.2 Å². The second-order valence-electron chi connectivity index (χ2n) is 9.96. The molecule has 1 aliphatic heterocycles. The number of H-pyrrole nitrogens is 1. The number of aromatic amines is 1. The van der Waals surface area contributed by atoms with Crippen molar-refractivity contribution in [1.29, 1.82) is 0 Å². The van der Waals surface area contributed by atoms with Crippen molar-refractivity contribution in [1.82, 2.24) is 25.1 Å². The van der Waals surface area contributed by atoms with Crippen LogP contribution < -0.4 is 9.46 Å². The minimum Gasteiger partial charge on any atom is -0.474 e. The quantitative estimate of drug-likeness (QED) is 0.347. The van der Waals surface area contributed by atoms with Crippen LogP contribution in [0, 0.1) is 19.7 Å². The van der Waals surface area contributed by atoms with Crippen LogP contribution in [0.5, 0.6) is 5.88 Å². The first-order chi connectivity index (χ1) is 18.1. The summed E-state index contributed by atoms with van der Waals surface area (Å²) in [6.45, 7) is 9.96. The normalized spacial score (nSPS) is 15.3. The number of hydrogen-bond donors (Lipinski definition) is 2. The largest absolute Gasteiger partial charge is 0.474 e. The Morgan fingerprint density at radius 1 is 1.08 bits per heavy atom. The molecule has 5 rings (SSSR count). The molecule has 38 heavy (non-hydrogen) atoms. The van der Waals surface area contributed by atoms with Gasteiger partial charge >= 0.3 is 0 Å². The predicted octanol–water partition coefficient (Wildman–Crippen LogP) is 4.83. The van der Waals surface area contributed by atoms with Crippen molar-refractivity contribution in [3.05, 3.63) is 59.5 Å². The zero-order valence-corrected chi connectivity index (χ0v) is 22.6. The first kappa shape index (κ1) is 26.1. The minimum absolute atomic E-state index is 0.0454. The van der Waals surface area contributed by atoms with Gasteiger partial charge in [-0.1, -0.05) is 6.07 Å². The van der Waals surface area contributed by atoms with Gasteiger partial charge in [0, 0.05) is 36.1 Å². The number of benzene rings is 2. The third kappa shape index (κ3) is 5.34. The molecule has 0 spiro atoms. The SMILES string of the molecule is Cc1ccc(F)c(S(=O)(=O)Nc2ccc(-c3nc(OC4CCN(C(C)C)CC4)c4c(C)[nH]nc4n3)cc2)c1. The molecule has 2 aromatic carbocycles. The van der Waals surface area contributed by atoms with Crippen molar-refractivity contribution in [3.8, 4) is 17.3 Å². The summed E-state index contributed by atoms with van der Waals surface area (Å²) in [4.78, 5) is 11.4. The second kappa shape index (κ2) is 10.3. The highest BCUT2D eigenvalue weighted by Gasteiger charge is 2.25. The lowest BCUT2D eigenvalue weighted by molar-refractivity contribution is 0.0824. The van der Waals surface area contributed by atoms with Crippen LogP contribution in [0.2, 0.25) is 0 Å². The van der Waals surface area contributed by atoms with Gasteiger partial charge in [-0.2, -0.15) is 10.1 Å². The zero-order chi connectivity index (χ0) is 27.0. The number of hydrogen-bond acceptors (Lipinski definition) is 7. The Kier molecular flexibility index (Phi) is 7.06. The topological polar surface area (TPSA) is 113 Å². The molecule has 4 aromatic rings. The maximum Gasteiger partial charge on any atom is 0.264 e. The lowest BCUT2D eigenvalue weighted by Gasteiger charge is -2.34. The highest BCUT2D eigenvalue weighted by molar-refractivity contribution is 7.92. The number of piperidine rings is 1. The Bertz CT molecular complexity index is 1560. The van der Waals surface area contributed by atoms with Gasteiger partial charge in [-0.05, 0) is 82.5 Å². The van der Waals surface area contributed by atoms with Gasteiger partial charge in [0.15, 0.2) is 11.5 Å². The van der Waals surface area contributed by atoms with E-state index >= 15 is 0 Å². The van der Waals surface area contributed by atoms with E-state index in [0.717, 1.165) is 43.1 Å². The van der Waals surface area contributed by atoms with Gasteiger partial charge in [-0.15, -0.1) is 0 Å². The Balaban J connectivity index is 1.39. The Hall–Kier alpha value is -3.57. The summed E-state index contributed by atoms with van der Waals surface area (Å²) < 4.78 is 48.5. The van der Waals surface area contributed by atoms with Crippen LogP contribution in [-0.2, 0) is 10.0 Å². The number of nitrogens with one attached hydrogen (secondary N) is 2. The molecule has 0 unspecified atom stereocenters. The smallest absolute Gasteiger partial charge is 0.264 e. The molecule has 0 amide bonds. The molecule has 2 aromatic heterocycles. The van der Waals surface area contributed by atoms with Gasteiger partial charge in [0.25, 0.3) is 10.0 Å². The fourth-order valence-electron chi connectivity index (χ4n) is 4.63. The molecule has 2 N–H and O–H groups in total. The summed E-state index contributed by atoms with van der Waals surface area (Å²) in [5.41, 5.74) is 2.93. The molecule has 0 aliphatic carbocycles. The molecule has 9 nitrogen and oxygen atoms in total. The van der Waals surface area contributed by atoms with Crippen LogP contribution in [-0.4, -0.2) is 58.7 Å². The number of nitrogens with zero attached hydrogens (tertiary/aromatic N) is 4. The number of aromatic nitrogens is 4. The van der Waals surface area contributed by atoms with E-state index in [-0.39, 0.29) is 6.10 Å². The van der Waals surface area contributed by atoms with Crippen LogP contribution in [0.4, 0.5) is 10.1 Å². The van der Waals surface area contributed by atoms with Gasteiger partial charge in [0.05, 0.1) is 0 Å². The van der Waals surface area contributed by atoms with E-state index in [1.807, 2.05) is 6.92 Å². The molecule has 1 fully saturated rings. The lowest BCUT2D eigenvalue weighted by Crippen LogP contribution is -2.41. The van der Waals surface area contributed by atoms with E-state index in [0.29, 0.717) is 40.2 Å². The van der Waals surface area contributed by atoms with E-state index in [4.69, 9.17) is 9.72 Å². The summed E-state index contributed by atoms with van der Waals surface area (Å²) in [6.07, 6.45) is 1.86. The maximum atomic E-state index is 14.2. The van der Waals surface area contributed by atoms with E-state index in [2.05, 4.69) is 38.7 Å². The number of sulfonamides is 1. The molecule has 1 aliphatic rings. The summed E-state index contributed by atoms with van der Waals surface area (Å²) in [7, 11) is -4.10. The summed E-state index contributed by atoms with van der Waals surface area (Å²) >= 11 is 0. The highest BCUT2D eigenvalue weighted by atomic mass is 32.2. The number of likely N-dealkylation sites (tertiary alicyclic amines) is 1. The first-order valence-corrected chi connectivity index (χ1v) is 14.1. The number of rotatable bonds is 7. The molecule has 200 valence electrons. The number of aryl methyl sites for hydroxylation is 2. The van der Waals surface area contributed by atoms with Crippen LogP contribution in [0.1, 0.15) is 37.9 Å². The molecule has 0 bridgehead atoms. The molecule has 1 saturated heterocycles. The molecule has 0 atom stereocenters. The van der Waals surface area contributed by atoms with Crippen molar-refractivity contribution in [2.24, 2.45) is 0 Å². The van der Waals surface area contributed by atoms with Gasteiger partial charge in [-0.3, -0.25) is 9.82 Å². The first-order valence-electron chi connectivity index (χ1n) is 12.6. The highest BCUT2D eigenvalue weighted by Crippen LogP contribution is 2.31. The van der Waals surface area contributed by atoms with Crippen LogP contribution in [0.3, 0.4) is 0 Å². The number of fused-ring (bicyclic) bond motifs is 1. The van der Waals surface area contributed by atoms with Gasteiger partial charge in [0.2, 0.25) is 5.88 Å². The van der Waals surface area contributed by atoms with Crippen molar-refractivity contribution < 1.29 is 17.5 Å². The Morgan fingerprint density at radius 3 is 2.47 bits per heavy atom. The number of anilines is 1. The summed E-state index contributed by atoms with van der Waals surface area (Å²) in [5, 5.41) is 8.04. The standard InChI is InChI=1S/C27H31FN6O3S/c1-16(2)34-13-11-21(12-14-34)37-27-24-18(4)31-32-26(24)29-25(30-27)19-6-8-20(9-7-19)33-38(35,36)23-15-17(3)5-10-22(23)28/h5-10,15-16,21,33H,11-14H2,1-4H3,(H,29,30,31,32). The van der Waals surface area contributed by atoms with Crippen LogP contribution >= 0.6 is 0 Å². The molecular formula is C27H31FN6O3S. The minimum atomic E-state index is -4.10. The van der Waals surface area contributed by atoms with Crippen LogP contribution in [0.15, 0.2) is 47.4 Å². The van der Waals surface area contributed by atoms with E-state index in [1.165, 1.54) is 12.1 Å². The van der Waals surface area contributed by atoms with Gasteiger partial charge < -0.3 is 9.64 Å². The van der Waals surface area contributed by atoms with E-state index in [9.17, 15) is 12.8 Å². The third-order valence-electron chi connectivity index (χ3n) is 6.82. The van der Waals surface area contributed by atoms with Crippen LogP contribution in [0.25, 0.3) is 22.4 Å². The molecule has 0 radical (unpaired) electrons. The van der Waals surface area contributed by atoms with E-state index in [1.54, 1.807) is 31.2 Å². The average Bonchev–Trinajstić information content (AvgIpc) is 3.26. The summed E-state index contributed by atoms with van der Waals surface area (Å²) in [6, 6.07) is 11.1. The summed E-state index contributed by atoms with van der Waals surface area (Å²) in [5.74, 6) is 0.0924. The fourth-order valence-corrected chi connectivity index (χ4v) is 5.85. The van der Waals surface area contributed by atoms with Gasteiger partial charge in [-0.25, -0.2) is 17.8 Å².